The molecule has 0 spiro atoms. The molecule has 0 aromatic heterocycles. The van der Waals surface area contributed by atoms with Crippen molar-refractivity contribution in [3.63, 3.8) is 0 Å². The fourth-order valence-corrected chi connectivity index (χ4v) is 6.30. The van der Waals surface area contributed by atoms with E-state index in [-0.39, 0.29) is 24.4 Å². The summed E-state index contributed by atoms with van der Waals surface area (Å²) in [5.41, 5.74) is 6.55. The molecule has 6 nitrogen and oxygen atoms in total. The highest BCUT2D eigenvalue weighted by atomic mass is 19.1. The molecule has 0 bridgehead atoms. The number of carboxylic acids is 1. The molecule has 0 saturated carbocycles. The van der Waals surface area contributed by atoms with Crippen LogP contribution in [0.1, 0.15) is 40.8 Å². The van der Waals surface area contributed by atoms with Crippen molar-refractivity contribution < 1.29 is 14.3 Å². The van der Waals surface area contributed by atoms with E-state index < -0.39 is 5.97 Å². The number of hydrogen-bond donors (Lipinski definition) is 1. The lowest BCUT2D eigenvalue weighted by atomic mass is 9.92. The number of aryl methyl sites for hydroxylation is 1. The summed E-state index contributed by atoms with van der Waals surface area (Å²) in [5.74, 6) is -0.921. The van der Waals surface area contributed by atoms with Crippen LogP contribution in [-0.4, -0.2) is 89.1 Å². The van der Waals surface area contributed by atoms with Gasteiger partial charge in [-0.2, -0.15) is 0 Å². The van der Waals surface area contributed by atoms with E-state index in [9.17, 15) is 9.18 Å². The number of halogens is 1. The molecule has 1 N–H and O–H groups in total. The maximum absolute atomic E-state index is 14.4. The first-order chi connectivity index (χ1) is 19.8. The Balaban J connectivity index is 1.36. The fraction of sp³-hybridized carbons (Fsp3) is 0.382. The zero-order valence-corrected chi connectivity index (χ0v) is 24.2. The minimum absolute atomic E-state index is 0.0830. The van der Waals surface area contributed by atoms with E-state index in [1.54, 1.807) is 12.1 Å². The second kappa shape index (κ2) is 13.0. The smallest absolute Gasteiger partial charge is 0.317 e. The maximum atomic E-state index is 14.4. The summed E-state index contributed by atoms with van der Waals surface area (Å²) < 4.78 is 14.4. The van der Waals surface area contributed by atoms with Crippen molar-refractivity contribution in [2.24, 2.45) is 0 Å². The van der Waals surface area contributed by atoms with Gasteiger partial charge in [0, 0.05) is 69.7 Å². The van der Waals surface area contributed by atoms with E-state index in [4.69, 9.17) is 5.11 Å². The van der Waals surface area contributed by atoms with Crippen LogP contribution < -0.4 is 0 Å². The normalized spacial score (nSPS) is 19.7. The minimum atomic E-state index is -0.783. The average molecular weight is 557 g/mol. The monoisotopic (exact) mass is 556 g/mol. The quantitative estimate of drug-likeness (QED) is 0.396. The lowest BCUT2D eigenvalue weighted by molar-refractivity contribution is -0.138. The van der Waals surface area contributed by atoms with Crippen molar-refractivity contribution in [1.82, 2.24) is 19.6 Å². The zero-order valence-electron chi connectivity index (χ0n) is 24.2. The third kappa shape index (κ3) is 7.04. The SMILES string of the molecule is C=C(c1cccc(C(c2cccc(C)c2)N2CCN(Cc3ccccc3F)CC2C)c1)N1CCN(CC(=O)O)CC1. The molecule has 0 aliphatic carbocycles. The van der Waals surface area contributed by atoms with Crippen LogP contribution in [0.25, 0.3) is 5.70 Å². The van der Waals surface area contributed by atoms with Crippen LogP contribution in [0.3, 0.4) is 0 Å². The molecule has 0 radical (unpaired) electrons. The third-order valence-corrected chi connectivity index (χ3v) is 8.45. The molecule has 3 aromatic carbocycles. The van der Waals surface area contributed by atoms with E-state index in [0.29, 0.717) is 19.6 Å². The van der Waals surface area contributed by atoms with E-state index in [1.165, 1.54) is 16.7 Å². The van der Waals surface area contributed by atoms with Crippen molar-refractivity contribution in [2.45, 2.75) is 32.5 Å². The topological polar surface area (TPSA) is 50.3 Å². The van der Waals surface area contributed by atoms with E-state index in [1.807, 2.05) is 17.0 Å². The highest BCUT2D eigenvalue weighted by Crippen LogP contribution is 2.34. The summed E-state index contributed by atoms with van der Waals surface area (Å²) in [7, 11) is 0. The molecule has 2 unspecified atom stereocenters. The van der Waals surface area contributed by atoms with Gasteiger partial charge in [-0.3, -0.25) is 19.5 Å². The van der Waals surface area contributed by atoms with Gasteiger partial charge in [0.2, 0.25) is 0 Å². The fourth-order valence-electron chi connectivity index (χ4n) is 6.30. The summed E-state index contributed by atoms with van der Waals surface area (Å²) in [4.78, 5) is 20.3. The summed E-state index contributed by atoms with van der Waals surface area (Å²) in [6.45, 7) is 15.1. The van der Waals surface area contributed by atoms with Crippen molar-refractivity contribution in [3.05, 3.63) is 113 Å². The maximum Gasteiger partial charge on any atom is 0.317 e. The number of carbonyl (C=O) groups is 1. The Morgan fingerprint density at radius 1 is 0.927 bits per heavy atom. The Hall–Kier alpha value is -3.52. The van der Waals surface area contributed by atoms with Crippen LogP contribution in [0.4, 0.5) is 4.39 Å². The predicted molar refractivity (Wildman–Crippen MR) is 162 cm³/mol. The van der Waals surface area contributed by atoms with Gasteiger partial charge in [0.15, 0.2) is 0 Å². The van der Waals surface area contributed by atoms with Gasteiger partial charge in [0.05, 0.1) is 12.6 Å². The Labute approximate surface area is 243 Å². The molecule has 5 rings (SSSR count). The predicted octanol–water partition coefficient (Wildman–Crippen LogP) is 5.10. The minimum Gasteiger partial charge on any atom is -0.480 e. The number of benzene rings is 3. The molecule has 2 aliphatic rings. The molecule has 0 amide bonds. The summed E-state index contributed by atoms with van der Waals surface area (Å²) >= 11 is 0. The second-order valence-electron chi connectivity index (χ2n) is 11.5. The standard InChI is InChI=1S/C34H41FN4O2/c1-25-8-6-11-29(20-25)34(39-19-16-37(22-26(39)2)23-31-9-4-5-13-32(31)35)30-12-7-10-28(21-30)27(3)38-17-14-36(15-18-38)24-33(40)41/h4-13,20-21,26,34H,3,14-19,22-24H2,1-2H3,(H,40,41). The van der Waals surface area contributed by atoms with Crippen LogP contribution in [0.15, 0.2) is 79.4 Å². The molecule has 2 aliphatic heterocycles. The summed E-state index contributed by atoms with van der Waals surface area (Å²) in [5, 5.41) is 9.14. The average Bonchev–Trinajstić information content (AvgIpc) is 2.96. The van der Waals surface area contributed by atoms with Crippen molar-refractivity contribution >= 4 is 11.7 Å². The van der Waals surface area contributed by atoms with Gasteiger partial charge in [0.1, 0.15) is 5.82 Å². The highest BCUT2D eigenvalue weighted by molar-refractivity contribution is 5.69. The van der Waals surface area contributed by atoms with Crippen LogP contribution in [0, 0.1) is 12.7 Å². The van der Waals surface area contributed by atoms with E-state index in [0.717, 1.165) is 49.5 Å². The van der Waals surface area contributed by atoms with Gasteiger partial charge in [-0.15, -0.1) is 0 Å². The van der Waals surface area contributed by atoms with Crippen LogP contribution >= 0.6 is 0 Å². The molecule has 41 heavy (non-hydrogen) atoms. The first-order valence-electron chi connectivity index (χ1n) is 14.5. The highest BCUT2D eigenvalue weighted by Gasteiger charge is 2.32. The second-order valence-corrected chi connectivity index (χ2v) is 11.5. The number of carboxylic acid groups (broad SMARTS) is 1. The summed E-state index contributed by atoms with van der Waals surface area (Å²) in [6, 6.07) is 24.9. The van der Waals surface area contributed by atoms with Crippen molar-refractivity contribution in [3.8, 4) is 0 Å². The number of piperazine rings is 2. The molecular formula is C34H41FN4O2. The lowest BCUT2D eigenvalue weighted by Crippen LogP contribution is -2.52. The number of rotatable bonds is 9. The van der Waals surface area contributed by atoms with Crippen LogP contribution in [0.2, 0.25) is 0 Å². The van der Waals surface area contributed by atoms with Gasteiger partial charge in [-0.05, 0) is 42.7 Å². The Kier molecular flexibility index (Phi) is 9.18. The Morgan fingerprint density at radius 3 is 2.29 bits per heavy atom. The van der Waals surface area contributed by atoms with Crippen molar-refractivity contribution in [1.29, 1.82) is 0 Å². The lowest BCUT2D eigenvalue weighted by Gasteiger charge is -2.44. The molecule has 216 valence electrons. The number of aliphatic carboxylic acids is 1. The largest absolute Gasteiger partial charge is 0.480 e. The molecule has 3 aromatic rings. The zero-order chi connectivity index (χ0) is 28.9. The molecule has 2 saturated heterocycles. The summed E-state index contributed by atoms with van der Waals surface area (Å²) in [6.07, 6.45) is 0. The molecule has 2 heterocycles. The number of hydrogen-bond acceptors (Lipinski definition) is 5. The van der Waals surface area contributed by atoms with Gasteiger partial charge < -0.3 is 10.0 Å². The van der Waals surface area contributed by atoms with Gasteiger partial charge in [-0.1, -0.05) is 72.8 Å². The van der Waals surface area contributed by atoms with Gasteiger partial charge in [0.25, 0.3) is 0 Å². The van der Waals surface area contributed by atoms with Crippen LogP contribution in [-0.2, 0) is 11.3 Å². The molecule has 2 atom stereocenters. The Morgan fingerprint density at radius 2 is 1.61 bits per heavy atom. The molecule has 2 fully saturated rings. The van der Waals surface area contributed by atoms with Crippen molar-refractivity contribution in [2.75, 3.05) is 52.4 Å². The molecule has 7 heteroatoms. The first-order valence-corrected chi connectivity index (χ1v) is 14.5. The van der Waals surface area contributed by atoms with Gasteiger partial charge >= 0.3 is 5.97 Å². The van der Waals surface area contributed by atoms with Crippen LogP contribution in [0.5, 0.6) is 0 Å². The Bertz CT molecular complexity index is 1370. The van der Waals surface area contributed by atoms with E-state index in [2.05, 4.69) is 83.7 Å². The first kappa shape index (κ1) is 29.0. The third-order valence-electron chi connectivity index (χ3n) is 8.45. The number of nitrogens with zero attached hydrogens (tertiary/aromatic N) is 4. The molecular weight excluding hydrogens is 515 g/mol. The van der Waals surface area contributed by atoms with E-state index >= 15 is 0 Å². The van der Waals surface area contributed by atoms with Gasteiger partial charge in [-0.25, -0.2) is 4.39 Å².